The van der Waals surface area contributed by atoms with E-state index in [-0.39, 0.29) is 11.4 Å². The van der Waals surface area contributed by atoms with Gasteiger partial charge in [0.2, 0.25) is 0 Å². The highest BCUT2D eigenvalue weighted by atomic mass is 35.5. The Bertz CT molecular complexity index is 610. The van der Waals surface area contributed by atoms with Crippen LogP contribution in [0.1, 0.15) is 16.1 Å². The molecule has 0 saturated heterocycles. The number of rotatable bonds is 3. The van der Waals surface area contributed by atoms with Crippen molar-refractivity contribution in [3.63, 3.8) is 0 Å². The van der Waals surface area contributed by atoms with E-state index >= 15 is 0 Å². The van der Waals surface area contributed by atoms with E-state index in [1.165, 1.54) is 0 Å². The summed E-state index contributed by atoms with van der Waals surface area (Å²) < 4.78 is 0. The molecule has 94 valence electrons. The fourth-order valence-corrected chi connectivity index (χ4v) is 1.96. The molecule has 0 aliphatic rings. The first-order valence-corrected chi connectivity index (χ1v) is 5.75. The van der Waals surface area contributed by atoms with Crippen LogP contribution >= 0.6 is 23.2 Å². The molecule has 0 atom stereocenters. The summed E-state index contributed by atoms with van der Waals surface area (Å²) in [6.07, 6.45) is 0. The van der Waals surface area contributed by atoms with Crippen LogP contribution in [0.2, 0.25) is 10.0 Å². The van der Waals surface area contributed by atoms with Gasteiger partial charge in [0.1, 0.15) is 5.56 Å². The number of nitrogens with zero attached hydrogens (tertiary/aromatic N) is 1. The molecule has 3 N–H and O–H groups in total. The molecule has 0 spiro atoms. The van der Waals surface area contributed by atoms with Crippen LogP contribution in [0.4, 0.5) is 11.5 Å². The Balaban J connectivity index is 2.37. The van der Waals surface area contributed by atoms with Crippen LogP contribution in [0.5, 0.6) is 0 Å². The number of benzene rings is 1. The molecule has 1 aromatic heterocycles. The predicted molar refractivity (Wildman–Crippen MR) is 70.0 cm³/mol. The van der Waals surface area contributed by atoms with Crippen LogP contribution in [0, 0.1) is 6.92 Å². The molecule has 0 aliphatic carbocycles. The minimum Gasteiger partial charge on any atom is -0.477 e. The Morgan fingerprint density at radius 2 is 2.17 bits per heavy atom. The number of hydrogen-bond acceptors (Lipinski definition) is 3. The molecule has 5 nitrogen and oxygen atoms in total. The quantitative estimate of drug-likeness (QED) is 0.807. The van der Waals surface area contributed by atoms with Gasteiger partial charge in [-0.15, -0.1) is 0 Å². The van der Waals surface area contributed by atoms with Gasteiger partial charge in [0, 0.05) is 10.7 Å². The fourth-order valence-electron chi connectivity index (χ4n) is 1.50. The molecule has 1 heterocycles. The van der Waals surface area contributed by atoms with Crippen molar-refractivity contribution < 1.29 is 9.90 Å². The number of aromatic nitrogens is 2. The number of H-pyrrole nitrogens is 1. The molecule has 0 aliphatic heterocycles. The lowest BCUT2D eigenvalue weighted by Gasteiger charge is -2.06. The monoisotopic (exact) mass is 285 g/mol. The Hall–Kier alpha value is -1.72. The van der Waals surface area contributed by atoms with E-state index in [9.17, 15) is 4.79 Å². The Morgan fingerprint density at radius 1 is 1.44 bits per heavy atom. The number of aromatic carboxylic acids is 1. The van der Waals surface area contributed by atoms with Crippen molar-refractivity contribution in [2.45, 2.75) is 6.92 Å². The summed E-state index contributed by atoms with van der Waals surface area (Å²) in [4.78, 5) is 11.1. The first-order valence-electron chi connectivity index (χ1n) is 4.99. The number of hydrogen-bond donors (Lipinski definition) is 3. The number of anilines is 2. The van der Waals surface area contributed by atoms with Crippen LogP contribution in [0.3, 0.4) is 0 Å². The Kier molecular flexibility index (Phi) is 3.45. The molecule has 0 saturated carbocycles. The van der Waals surface area contributed by atoms with Crippen LogP contribution in [0.15, 0.2) is 18.2 Å². The number of aryl methyl sites for hydroxylation is 1. The number of halogens is 2. The third-order valence-electron chi connectivity index (χ3n) is 2.35. The van der Waals surface area contributed by atoms with E-state index in [0.717, 1.165) is 0 Å². The molecule has 0 bridgehead atoms. The van der Waals surface area contributed by atoms with Gasteiger partial charge in [0.05, 0.1) is 10.7 Å². The Labute approximate surface area is 113 Å². The normalized spacial score (nSPS) is 10.4. The summed E-state index contributed by atoms with van der Waals surface area (Å²) in [6.45, 7) is 1.63. The predicted octanol–water partition coefficient (Wildman–Crippen LogP) is 3.47. The van der Waals surface area contributed by atoms with Gasteiger partial charge < -0.3 is 10.4 Å². The second-order valence-electron chi connectivity index (χ2n) is 3.63. The summed E-state index contributed by atoms with van der Waals surface area (Å²) in [5, 5.41) is 19.3. The van der Waals surface area contributed by atoms with Crippen molar-refractivity contribution in [2.24, 2.45) is 0 Å². The molecule has 2 rings (SSSR count). The van der Waals surface area contributed by atoms with Crippen molar-refractivity contribution in [1.82, 2.24) is 10.2 Å². The SMILES string of the molecule is Cc1[nH]nc(Nc2ccc(Cl)cc2Cl)c1C(=O)O. The zero-order valence-electron chi connectivity index (χ0n) is 9.29. The highest BCUT2D eigenvalue weighted by Crippen LogP contribution is 2.29. The van der Waals surface area contributed by atoms with Crippen molar-refractivity contribution in [3.8, 4) is 0 Å². The highest BCUT2D eigenvalue weighted by molar-refractivity contribution is 6.36. The molecule has 2 aromatic rings. The standard InChI is InChI=1S/C11H9Cl2N3O2/c1-5-9(11(17)18)10(16-15-5)14-8-3-2-6(12)4-7(8)13/h2-4H,1H3,(H,17,18)(H2,14,15,16). The molecule has 0 amide bonds. The highest BCUT2D eigenvalue weighted by Gasteiger charge is 2.17. The minimum atomic E-state index is -1.06. The number of nitrogens with one attached hydrogen (secondary N) is 2. The molecule has 0 unspecified atom stereocenters. The first kappa shape index (κ1) is 12.7. The first-order chi connectivity index (χ1) is 8.49. The van der Waals surface area contributed by atoms with Gasteiger partial charge in [-0.25, -0.2) is 4.79 Å². The lowest BCUT2D eigenvalue weighted by molar-refractivity contribution is 0.0697. The maximum Gasteiger partial charge on any atom is 0.341 e. The van der Waals surface area contributed by atoms with E-state index in [2.05, 4.69) is 15.5 Å². The van der Waals surface area contributed by atoms with Gasteiger partial charge in [0.25, 0.3) is 0 Å². The van der Waals surface area contributed by atoms with Crippen LogP contribution < -0.4 is 5.32 Å². The largest absolute Gasteiger partial charge is 0.477 e. The van der Waals surface area contributed by atoms with Crippen LogP contribution in [-0.2, 0) is 0 Å². The van der Waals surface area contributed by atoms with Crippen LogP contribution in [0.25, 0.3) is 0 Å². The number of carbonyl (C=O) groups is 1. The number of aromatic amines is 1. The smallest absolute Gasteiger partial charge is 0.341 e. The zero-order valence-corrected chi connectivity index (χ0v) is 10.8. The van der Waals surface area contributed by atoms with Gasteiger partial charge in [-0.05, 0) is 25.1 Å². The molecule has 0 fully saturated rings. The van der Waals surface area contributed by atoms with Crippen molar-refractivity contribution >= 4 is 40.7 Å². The second-order valence-corrected chi connectivity index (χ2v) is 4.47. The lowest BCUT2D eigenvalue weighted by atomic mass is 10.2. The van der Waals surface area contributed by atoms with Gasteiger partial charge in [0.15, 0.2) is 5.82 Å². The van der Waals surface area contributed by atoms with Gasteiger partial charge in [-0.3, -0.25) is 5.10 Å². The third kappa shape index (κ3) is 2.42. The topological polar surface area (TPSA) is 78.0 Å². The van der Waals surface area contributed by atoms with Gasteiger partial charge in [-0.2, -0.15) is 5.10 Å². The molecule has 7 heteroatoms. The number of carboxylic acid groups (broad SMARTS) is 1. The lowest BCUT2D eigenvalue weighted by Crippen LogP contribution is -2.02. The van der Waals surface area contributed by atoms with Gasteiger partial charge in [-0.1, -0.05) is 23.2 Å². The summed E-state index contributed by atoms with van der Waals surface area (Å²) >= 11 is 11.8. The van der Waals surface area contributed by atoms with E-state index in [0.29, 0.717) is 21.4 Å². The zero-order chi connectivity index (χ0) is 13.3. The maximum absolute atomic E-state index is 11.1. The summed E-state index contributed by atoms with van der Waals surface area (Å²) in [5.41, 5.74) is 1.09. The van der Waals surface area contributed by atoms with Crippen molar-refractivity contribution in [3.05, 3.63) is 39.5 Å². The summed E-state index contributed by atoms with van der Waals surface area (Å²) in [6, 6.07) is 4.86. The van der Waals surface area contributed by atoms with Crippen molar-refractivity contribution in [1.29, 1.82) is 0 Å². The average Bonchev–Trinajstić information content (AvgIpc) is 2.64. The van der Waals surface area contributed by atoms with E-state index < -0.39 is 5.97 Å². The van der Waals surface area contributed by atoms with E-state index in [4.69, 9.17) is 28.3 Å². The van der Waals surface area contributed by atoms with E-state index in [1.54, 1.807) is 25.1 Å². The fraction of sp³-hybridized carbons (Fsp3) is 0.0909. The molecule has 1 aromatic carbocycles. The minimum absolute atomic E-state index is 0.0843. The van der Waals surface area contributed by atoms with Gasteiger partial charge >= 0.3 is 5.97 Å². The maximum atomic E-state index is 11.1. The molecule has 0 radical (unpaired) electrons. The summed E-state index contributed by atoms with van der Waals surface area (Å²) in [5.74, 6) is -0.849. The van der Waals surface area contributed by atoms with E-state index in [1.807, 2.05) is 0 Å². The molecular weight excluding hydrogens is 277 g/mol. The number of carboxylic acids is 1. The average molecular weight is 286 g/mol. The second kappa shape index (κ2) is 4.88. The van der Waals surface area contributed by atoms with Crippen LogP contribution in [-0.4, -0.2) is 21.3 Å². The molecule has 18 heavy (non-hydrogen) atoms. The third-order valence-corrected chi connectivity index (χ3v) is 2.89. The van der Waals surface area contributed by atoms with Crippen molar-refractivity contribution in [2.75, 3.05) is 5.32 Å². The summed E-state index contributed by atoms with van der Waals surface area (Å²) in [7, 11) is 0. The molecular formula is C11H9Cl2N3O2. The Morgan fingerprint density at radius 3 is 2.78 bits per heavy atom.